The monoisotopic (exact) mass is 435 g/mol. The molecule has 0 amide bonds. The Morgan fingerprint density at radius 3 is 2.58 bits per heavy atom. The van der Waals surface area contributed by atoms with Gasteiger partial charge in [0, 0.05) is 54.3 Å². The fraction of sp³-hybridized carbons (Fsp3) is 0.636. The molecule has 0 spiro atoms. The summed E-state index contributed by atoms with van der Waals surface area (Å²) in [6.07, 6.45) is 5.69. The lowest BCUT2D eigenvalue weighted by Crippen LogP contribution is -2.43. The van der Waals surface area contributed by atoms with Crippen LogP contribution in [-0.2, 0) is 4.74 Å². The Labute approximate surface area is 181 Å². The van der Waals surface area contributed by atoms with Crippen molar-refractivity contribution in [2.45, 2.75) is 45.4 Å². The molecule has 0 bridgehead atoms. The minimum atomic E-state index is -2.98. The first-order valence-electron chi connectivity index (χ1n) is 10.9. The van der Waals surface area contributed by atoms with Crippen LogP contribution in [0.1, 0.15) is 32.3 Å². The molecular weight excluding hydrogens is 404 g/mol. The minimum Gasteiger partial charge on any atom is -0.431 e. The molecule has 1 aliphatic heterocycles. The summed E-state index contributed by atoms with van der Waals surface area (Å²) in [6, 6.07) is 2.17. The molecule has 170 valence electrons. The number of nitrogens with zero attached hydrogens (tertiary/aromatic N) is 3. The molecule has 0 aromatic carbocycles. The van der Waals surface area contributed by atoms with Crippen molar-refractivity contribution in [1.29, 1.82) is 0 Å². The molecule has 0 radical (unpaired) electrons. The topological polar surface area (TPSA) is 99.0 Å². The van der Waals surface area contributed by atoms with Crippen LogP contribution in [0.4, 0.5) is 14.6 Å². The molecule has 2 aliphatic carbocycles. The largest absolute Gasteiger partial charge is 0.431 e. The maximum atomic E-state index is 12.6. The zero-order valence-corrected chi connectivity index (χ0v) is 18.0. The number of aliphatic imine (C=N–C) groups is 1. The third kappa shape index (κ3) is 4.98. The second-order valence-electron chi connectivity index (χ2n) is 8.86. The van der Waals surface area contributed by atoms with Crippen LogP contribution in [0.5, 0.6) is 5.75 Å². The second-order valence-corrected chi connectivity index (χ2v) is 8.86. The van der Waals surface area contributed by atoms with Crippen molar-refractivity contribution in [3.8, 4) is 5.75 Å². The third-order valence-corrected chi connectivity index (χ3v) is 6.47. The Morgan fingerprint density at radius 1 is 1.29 bits per heavy atom. The van der Waals surface area contributed by atoms with Gasteiger partial charge in [0.2, 0.25) is 0 Å². The molecule has 1 aromatic rings. The van der Waals surface area contributed by atoms with E-state index in [-0.39, 0.29) is 17.6 Å². The van der Waals surface area contributed by atoms with Crippen molar-refractivity contribution in [3.63, 3.8) is 0 Å². The zero-order chi connectivity index (χ0) is 22.1. The van der Waals surface area contributed by atoms with Gasteiger partial charge in [0.1, 0.15) is 0 Å². The number of ether oxygens (including phenoxy) is 2. The van der Waals surface area contributed by atoms with E-state index in [0.717, 1.165) is 32.0 Å². The molecule has 1 saturated heterocycles. The van der Waals surface area contributed by atoms with Crippen LogP contribution in [-0.4, -0.2) is 60.6 Å². The van der Waals surface area contributed by atoms with Crippen molar-refractivity contribution < 1.29 is 18.3 Å². The van der Waals surface area contributed by atoms with E-state index in [1.54, 1.807) is 0 Å². The van der Waals surface area contributed by atoms with Gasteiger partial charge in [-0.05, 0) is 50.7 Å². The van der Waals surface area contributed by atoms with E-state index in [1.165, 1.54) is 25.1 Å². The number of morpholine rings is 1. The van der Waals surface area contributed by atoms with Gasteiger partial charge in [0.15, 0.2) is 11.6 Å². The summed E-state index contributed by atoms with van der Waals surface area (Å²) in [6.45, 7) is 4.77. The fourth-order valence-corrected chi connectivity index (χ4v) is 5.06. The maximum absolute atomic E-state index is 12.6. The summed E-state index contributed by atoms with van der Waals surface area (Å²) < 4.78 is 35.2. The molecule has 31 heavy (non-hydrogen) atoms. The Morgan fingerprint density at radius 2 is 1.97 bits per heavy atom. The van der Waals surface area contributed by atoms with Crippen molar-refractivity contribution in [2.75, 3.05) is 32.0 Å². The number of nitrogens with two attached hydrogens (primary N) is 2. The summed E-state index contributed by atoms with van der Waals surface area (Å²) in [7, 11) is 0. The molecule has 7 nitrogen and oxygen atoms in total. The van der Waals surface area contributed by atoms with E-state index in [0.29, 0.717) is 35.1 Å². The van der Waals surface area contributed by atoms with Crippen molar-refractivity contribution in [1.82, 2.24) is 9.88 Å². The molecule has 2 heterocycles. The zero-order valence-electron chi connectivity index (χ0n) is 18.0. The first-order chi connectivity index (χ1) is 14.8. The van der Waals surface area contributed by atoms with Gasteiger partial charge in [-0.25, -0.2) is 4.98 Å². The number of allylic oxidation sites excluding steroid dienone is 1. The van der Waals surface area contributed by atoms with Crippen molar-refractivity contribution in [3.05, 3.63) is 23.9 Å². The third-order valence-electron chi connectivity index (χ3n) is 6.47. The molecule has 4 atom stereocenters. The van der Waals surface area contributed by atoms with Gasteiger partial charge in [-0.3, -0.25) is 9.89 Å². The first kappa shape index (κ1) is 22.0. The average molecular weight is 436 g/mol. The van der Waals surface area contributed by atoms with E-state index < -0.39 is 6.61 Å². The first-order valence-corrected chi connectivity index (χ1v) is 10.9. The predicted molar refractivity (Wildman–Crippen MR) is 116 cm³/mol. The molecule has 4 rings (SSSR count). The van der Waals surface area contributed by atoms with Gasteiger partial charge in [0.05, 0.1) is 13.2 Å². The highest BCUT2D eigenvalue weighted by atomic mass is 19.3. The highest BCUT2D eigenvalue weighted by molar-refractivity contribution is 6.04. The normalized spacial score (nSPS) is 29.5. The van der Waals surface area contributed by atoms with Crippen LogP contribution in [0.3, 0.4) is 0 Å². The highest BCUT2D eigenvalue weighted by Gasteiger charge is 2.58. The highest BCUT2D eigenvalue weighted by Crippen LogP contribution is 2.59. The number of aromatic nitrogens is 1. The van der Waals surface area contributed by atoms with Gasteiger partial charge in [-0.15, -0.1) is 0 Å². The summed E-state index contributed by atoms with van der Waals surface area (Å²) in [5.41, 5.74) is 13.8. The predicted octanol–water partition coefficient (Wildman–Crippen LogP) is 2.77. The Balaban J connectivity index is 1.48. The molecule has 2 unspecified atom stereocenters. The molecule has 4 N–H and O–H groups in total. The second kappa shape index (κ2) is 9.08. The molecule has 9 heteroatoms. The fourth-order valence-electron chi connectivity index (χ4n) is 5.06. The molecule has 3 aliphatic rings. The number of nitrogen functional groups attached to an aromatic ring is 1. The van der Waals surface area contributed by atoms with E-state index >= 15 is 0 Å². The molecule has 1 aromatic heterocycles. The summed E-state index contributed by atoms with van der Waals surface area (Å²) in [5, 5.41) is 0. The van der Waals surface area contributed by atoms with Crippen molar-refractivity contribution in [2.24, 2.45) is 28.5 Å². The Hall–Kier alpha value is -2.26. The molecule has 2 saturated carbocycles. The van der Waals surface area contributed by atoms with E-state index in [2.05, 4.69) is 14.6 Å². The maximum Gasteiger partial charge on any atom is 0.387 e. The number of halogens is 2. The van der Waals surface area contributed by atoms with Crippen LogP contribution in [0.25, 0.3) is 5.70 Å². The standard InChI is InChI=1S/C22H31F2N5O2/c1-12(2)28-18(10-17(25)13-7-19(31-22(23)24)21(26)27-11-13)20-15-8-14(9-16(15)20)29-3-5-30-6-4-29/h7,10-12,14-16,20,22H,3-6,8-9,25H2,1-2H3,(H2,26,27)/t14?,15-,16+,20?. The molecule has 3 fully saturated rings. The summed E-state index contributed by atoms with van der Waals surface area (Å²) in [4.78, 5) is 11.3. The molecular formula is C22H31F2N5O2. The number of hydrogen-bond acceptors (Lipinski definition) is 7. The number of alkyl halides is 2. The van der Waals surface area contributed by atoms with Crippen molar-refractivity contribution >= 4 is 17.2 Å². The number of fused-ring (bicyclic) bond motifs is 1. The van der Waals surface area contributed by atoms with Gasteiger partial charge in [0.25, 0.3) is 0 Å². The summed E-state index contributed by atoms with van der Waals surface area (Å²) >= 11 is 0. The van der Waals surface area contributed by atoms with Gasteiger partial charge < -0.3 is 20.9 Å². The van der Waals surface area contributed by atoms with Crippen LogP contribution in [0.2, 0.25) is 0 Å². The SMILES string of the molecule is CC(C)N=C(C=C(N)c1cnc(N)c(OC(F)F)c1)C1[C@H]2CC(N3CCOCC3)C[C@@H]12. The number of pyridine rings is 1. The number of anilines is 1. The van der Waals surface area contributed by atoms with E-state index in [4.69, 9.17) is 21.2 Å². The van der Waals surface area contributed by atoms with E-state index in [1.807, 2.05) is 19.9 Å². The lowest BCUT2D eigenvalue weighted by molar-refractivity contribution is -0.0495. The smallest absolute Gasteiger partial charge is 0.387 e. The van der Waals surface area contributed by atoms with Crippen LogP contribution >= 0.6 is 0 Å². The van der Waals surface area contributed by atoms with Gasteiger partial charge in [-0.1, -0.05) is 0 Å². The van der Waals surface area contributed by atoms with Crippen LogP contribution in [0, 0.1) is 17.8 Å². The van der Waals surface area contributed by atoms with Crippen LogP contribution in [0.15, 0.2) is 23.3 Å². The Bertz CT molecular complexity index is 842. The summed E-state index contributed by atoms with van der Waals surface area (Å²) in [5.74, 6) is 1.37. The Kier molecular flexibility index (Phi) is 6.43. The van der Waals surface area contributed by atoms with Gasteiger partial charge in [-0.2, -0.15) is 8.78 Å². The minimum absolute atomic E-state index is 0.0983. The number of rotatable bonds is 7. The lowest BCUT2D eigenvalue weighted by Gasteiger charge is -2.33. The van der Waals surface area contributed by atoms with E-state index in [9.17, 15) is 8.78 Å². The quantitative estimate of drug-likeness (QED) is 0.639. The lowest BCUT2D eigenvalue weighted by atomic mass is 10.0. The number of hydrogen-bond donors (Lipinski definition) is 2. The average Bonchev–Trinajstić information content (AvgIpc) is 3.22. The van der Waals surface area contributed by atoms with Gasteiger partial charge >= 0.3 is 6.61 Å². The van der Waals surface area contributed by atoms with Crippen LogP contribution < -0.4 is 16.2 Å².